The third kappa shape index (κ3) is 2.89. The molecule has 0 N–H and O–H groups in total. The number of benzene rings is 1. The molecule has 114 valence electrons. The summed E-state index contributed by atoms with van der Waals surface area (Å²) in [5, 5.41) is 0. The fourth-order valence-electron chi connectivity index (χ4n) is 3.23. The van der Waals surface area contributed by atoms with E-state index in [0.29, 0.717) is 0 Å². The van der Waals surface area contributed by atoms with Crippen LogP contribution in [0.1, 0.15) is 30.9 Å². The van der Waals surface area contributed by atoms with Crippen LogP contribution in [0.4, 0.5) is 0 Å². The molecular formula is C16H20OS4. The van der Waals surface area contributed by atoms with E-state index in [9.17, 15) is 0 Å². The Morgan fingerprint density at radius 2 is 1.48 bits per heavy atom. The molecule has 1 nitrogen and oxygen atoms in total. The van der Waals surface area contributed by atoms with Gasteiger partial charge in [0.15, 0.2) is 4.27 Å². The van der Waals surface area contributed by atoms with E-state index in [4.69, 9.17) is 4.74 Å². The summed E-state index contributed by atoms with van der Waals surface area (Å²) in [6, 6.07) is 10.9. The van der Waals surface area contributed by atoms with Gasteiger partial charge in [0.25, 0.3) is 0 Å². The summed E-state index contributed by atoms with van der Waals surface area (Å²) < 4.78 is 7.00. The first-order chi connectivity index (χ1) is 10.3. The Bertz CT molecular complexity index is 480. The fourth-order valence-corrected chi connectivity index (χ4v) is 10.4. The van der Waals surface area contributed by atoms with E-state index < -0.39 is 0 Å². The van der Waals surface area contributed by atoms with Crippen LogP contribution in [0.3, 0.4) is 0 Å². The first-order valence-corrected chi connectivity index (χ1v) is 11.5. The van der Waals surface area contributed by atoms with E-state index in [1.165, 1.54) is 47.8 Å². The van der Waals surface area contributed by atoms with Gasteiger partial charge in [-0.15, -0.1) is 47.0 Å². The summed E-state index contributed by atoms with van der Waals surface area (Å²) in [7, 11) is 0. The van der Waals surface area contributed by atoms with Crippen molar-refractivity contribution in [2.24, 2.45) is 0 Å². The van der Waals surface area contributed by atoms with Gasteiger partial charge in [-0.1, -0.05) is 30.3 Å². The molecule has 1 aromatic carbocycles. The molecule has 3 saturated heterocycles. The summed E-state index contributed by atoms with van der Waals surface area (Å²) >= 11 is 8.42. The molecule has 2 spiro atoms. The number of hydrogen-bond donors (Lipinski definition) is 0. The lowest BCUT2D eigenvalue weighted by molar-refractivity contribution is 0.0725. The standard InChI is InChI=1S/C16H20OS4/c1-2-6-13(7-3-1)14-15(18-8-4-9-19-15)12-16(17-14)20-10-5-11-21-16/h1-3,6-7,14H,4-5,8-12H2. The summed E-state index contributed by atoms with van der Waals surface area (Å²) in [5.41, 5.74) is 1.36. The van der Waals surface area contributed by atoms with E-state index in [1.807, 2.05) is 0 Å². The maximum atomic E-state index is 6.75. The first-order valence-electron chi connectivity index (χ1n) is 7.61. The molecule has 0 aliphatic carbocycles. The van der Waals surface area contributed by atoms with E-state index in [0.717, 1.165) is 0 Å². The quantitative estimate of drug-likeness (QED) is 0.678. The van der Waals surface area contributed by atoms with E-state index in [2.05, 4.69) is 77.4 Å². The summed E-state index contributed by atoms with van der Waals surface area (Å²) in [4.78, 5) is 0. The van der Waals surface area contributed by atoms with Gasteiger partial charge in [0.1, 0.15) is 6.10 Å². The largest absolute Gasteiger partial charge is 0.345 e. The van der Waals surface area contributed by atoms with Gasteiger partial charge in [-0.3, -0.25) is 0 Å². The van der Waals surface area contributed by atoms with Crippen LogP contribution in [0, 0.1) is 0 Å². The zero-order valence-electron chi connectivity index (χ0n) is 12.0. The Labute approximate surface area is 144 Å². The van der Waals surface area contributed by atoms with E-state index >= 15 is 0 Å². The lowest BCUT2D eigenvalue weighted by atomic mass is 10.1. The lowest BCUT2D eigenvalue weighted by Gasteiger charge is -2.36. The average Bonchev–Trinajstić information content (AvgIpc) is 2.83. The predicted octanol–water partition coefficient (Wildman–Crippen LogP) is 5.24. The van der Waals surface area contributed by atoms with Crippen molar-refractivity contribution in [3.8, 4) is 0 Å². The van der Waals surface area contributed by atoms with Gasteiger partial charge in [-0.05, 0) is 41.4 Å². The Morgan fingerprint density at radius 1 is 0.857 bits per heavy atom. The lowest BCUT2D eigenvalue weighted by Crippen LogP contribution is -2.30. The molecule has 3 aliphatic heterocycles. The molecule has 3 fully saturated rings. The number of ether oxygens (including phenoxy) is 1. The van der Waals surface area contributed by atoms with Crippen molar-refractivity contribution >= 4 is 47.0 Å². The Hall–Kier alpha value is 0.580. The SMILES string of the molecule is c1ccc(C2OC3(CC24SCCCS4)SCCCS3)cc1. The van der Waals surface area contributed by atoms with Gasteiger partial charge < -0.3 is 4.74 Å². The minimum atomic E-state index is 0.0100. The maximum absolute atomic E-state index is 6.75. The molecule has 4 rings (SSSR count). The molecule has 5 heteroatoms. The normalized spacial score (nSPS) is 30.8. The van der Waals surface area contributed by atoms with E-state index in [-0.39, 0.29) is 14.4 Å². The molecule has 1 aromatic rings. The third-order valence-corrected chi connectivity index (χ3v) is 10.6. The summed E-state index contributed by atoms with van der Waals surface area (Å²) in [6.07, 6.45) is 4.09. The minimum absolute atomic E-state index is 0.0100. The van der Waals surface area contributed by atoms with Crippen molar-refractivity contribution < 1.29 is 4.74 Å². The smallest absolute Gasteiger partial charge is 0.163 e. The van der Waals surface area contributed by atoms with Crippen LogP contribution in [0.25, 0.3) is 0 Å². The zero-order chi connectivity index (χ0) is 14.2. The van der Waals surface area contributed by atoms with Crippen molar-refractivity contribution in [3.63, 3.8) is 0 Å². The average molecular weight is 357 g/mol. The summed E-state index contributed by atoms with van der Waals surface area (Å²) in [6.45, 7) is 0. The minimum Gasteiger partial charge on any atom is -0.345 e. The van der Waals surface area contributed by atoms with Gasteiger partial charge >= 0.3 is 0 Å². The van der Waals surface area contributed by atoms with Crippen LogP contribution < -0.4 is 0 Å². The van der Waals surface area contributed by atoms with Gasteiger partial charge in [-0.25, -0.2) is 0 Å². The first kappa shape index (κ1) is 15.1. The van der Waals surface area contributed by atoms with Crippen molar-refractivity contribution in [1.82, 2.24) is 0 Å². The Morgan fingerprint density at radius 3 is 2.14 bits per heavy atom. The van der Waals surface area contributed by atoms with Crippen LogP contribution in [0.15, 0.2) is 30.3 Å². The summed E-state index contributed by atoms with van der Waals surface area (Å²) in [5.74, 6) is 5.07. The van der Waals surface area contributed by atoms with Crippen LogP contribution in [0.5, 0.6) is 0 Å². The Balaban J connectivity index is 1.68. The molecule has 21 heavy (non-hydrogen) atoms. The van der Waals surface area contributed by atoms with Crippen LogP contribution in [0.2, 0.25) is 0 Å². The second-order valence-corrected chi connectivity index (χ2v) is 11.8. The molecule has 0 saturated carbocycles. The van der Waals surface area contributed by atoms with Crippen LogP contribution in [-0.4, -0.2) is 31.4 Å². The van der Waals surface area contributed by atoms with E-state index in [1.54, 1.807) is 0 Å². The second-order valence-electron chi connectivity index (χ2n) is 5.68. The highest BCUT2D eigenvalue weighted by Gasteiger charge is 2.58. The third-order valence-electron chi connectivity index (χ3n) is 4.18. The molecule has 3 aliphatic rings. The van der Waals surface area contributed by atoms with Gasteiger partial charge in [0, 0.05) is 6.42 Å². The molecular weight excluding hydrogens is 336 g/mol. The van der Waals surface area contributed by atoms with Gasteiger partial charge in [-0.2, -0.15) is 0 Å². The molecule has 0 aromatic heterocycles. The molecule has 0 amide bonds. The van der Waals surface area contributed by atoms with Crippen molar-refractivity contribution in [2.75, 3.05) is 23.0 Å². The van der Waals surface area contributed by atoms with Gasteiger partial charge in [0.05, 0.1) is 4.08 Å². The highest BCUT2D eigenvalue weighted by atomic mass is 32.2. The predicted molar refractivity (Wildman–Crippen MR) is 99.4 cm³/mol. The highest BCUT2D eigenvalue weighted by Crippen LogP contribution is 2.67. The maximum Gasteiger partial charge on any atom is 0.163 e. The zero-order valence-corrected chi connectivity index (χ0v) is 15.2. The number of rotatable bonds is 1. The fraction of sp³-hybridized carbons (Fsp3) is 0.625. The van der Waals surface area contributed by atoms with Crippen LogP contribution >= 0.6 is 47.0 Å². The molecule has 0 bridgehead atoms. The molecule has 3 heterocycles. The number of hydrogen-bond acceptors (Lipinski definition) is 5. The van der Waals surface area contributed by atoms with Crippen LogP contribution in [-0.2, 0) is 4.74 Å². The van der Waals surface area contributed by atoms with Gasteiger partial charge in [0.2, 0.25) is 0 Å². The highest BCUT2D eigenvalue weighted by molar-refractivity contribution is 8.20. The molecule has 0 radical (unpaired) electrons. The molecule has 1 atom stereocenters. The van der Waals surface area contributed by atoms with Crippen molar-refractivity contribution in [3.05, 3.63) is 35.9 Å². The monoisotopic (exact) mass is 356 g/mol. The second kappa shape index (κ2) is 6.23. The van der Waals surface area contributed by atoms with Crippen molar-refractivity contribution in [2.45, 2.75) is 33.7 Å². The Kier molecular flexibility index (Phi) is 4.49. The topological polar surface area (TPSA) is 9.23 Å². The number of thioether (sulfide) groups is 4. The molecule has 1 unspecified atom stereocenters. The van der Waals surface area contributed by atoms with Crippen molar-refractivity contribution in [1.29, 1.82) is 0 Å².